The highest BCUT2D eigenvalue weighted by Gasteiger charge is 2.32. The van der Waals surface area contributed by atoms with Crippen LogP contribution in [-0.4, -0.2) is 56.9 Å². The van der Waals surface area contributed by atoms with Gasteiger partial charge in [0.25, 0.3) is 10.1 Å². The van der Waals surface area contributed by atoms with Gasteiger partial charge in [0.05, 0.1) is 20.5 Å². The van der Waals surface area contributed by atoms with Gasteiger partial charge in [-0.3, -0.25) is 14.2 Å². The maximum atomic E-state index is 11.5. The minimum absolute atomic E-state index is 0.313. The van der Waals surface area contributed by atoms with Crippen LogP contribution in [0, 0.1) is 0 Å². The molecule has 0 unspecified atom stereocenters. The third kappa shape index (κ3) is 4.96. The van der Waals surface area contributed by atoms with E-state index in [4.69, 9.17) is 18.8 Å². The molecule has 0 aromatic heterocycles. The lowest BCUT2D eigenvalue weighted by molar-refractivity contribution is -0.131. The molecule has 182 valence electrons. The SMILES string of the molecule is COc1cc2c3c(c4ccc(OC(C)=O)cc4c2cc1OC)C[C@@H]1CCCN1C3.CS(=O)(=O)O. The van der Waals surface area contributed by atoms with E-state index in [9.17, 15) is 13.2 Å². The topological polar surface area (TPSA) is 102 Å². The van der Waals surface area contributed by atoms with E-state index in [2.05, 4.69) is 17.0 Å². The fourth-order valence-corrected chi connectivity index (χ4v) is 5.10. The van der Waals surface area contributed by atoms with Crippen molar-refractivity contribution in [3.05, 3.63) is 41.5 Å². The summed E-state index contributed by atoms with van der Waals surface area (Å²) < 4.78 is 42.4. The molecule has 1 N–H and O–H groups in total. The predicted molar refractivity (Wildman–Crippen MR) is 130 cm³/mol. The van der Waals surface area contributed by atoms with Crippen LogP contribution in [-0.2, 0) is 27.9 Å². The van der Waals surface area contributed by atoms with Gasteiger partial charge in [0.15, 0.2) is 11.5 Å². The van der Waals surface area contributed by atoms with Gasteiger partial charge < -0.3 is 14.2 Å². The fraction of sp³-hybridized carbons (Fsp3) is 0.400. The molecule has 2 aliphatic heterocycles. The molecule has 34 heavy (non-hydrogen) atoms. The third-order valence-electron chi connectivity index (χ3n) is 6.38. The van der Waals surface area contributed by atoms with Crippen molar-refractivity contribution in [2.75, 3.05) is 27.0 Å². The number of nitrogens with zero attached hydrogens (tertiary/aromatic N) is 1. The molecule has 5 rings (SSSR count). The number of carbonyl (C=O) groups is 1. The van der Waals surface area contributed by atoms with E-state index < -0.39 is 10.1 Å². The van der Waals surface area contributed by atoms with Crippen LogP contribution < -0.4 is 14.2 Å². The molecular weight excluding hydrogens is 458 g/mol. The highest BCUT2D eigenvalue weighted by molar-refractivity contribution is 7.85. The molecule has 9 heteroatoms. The molecule has 2 aliphatic rings. The summed E-state index contributed by atoms with van der Waals surface area (Å²) in [4.78, 5) is 14.1. The number of hydrogen-bond donors (Lipinski definition) is 1. The summed E-state index contributed by atoms with van der Waals surface area (Å²) in [6.45, 7) is 3.56. The normalized spacial score (nSPS) is 17.5. The molecule has 0 radical (unpaired) electrons. The molecule has 0 spiro atoms. The van der Waals surface area contributed by atoms with Crippen LogP contribution in [0.1, 0.15) is 30.9 Å². The van der Waals surface area contributed by atoms with Crippen molar-refractivity contribution in [3.8, 4) is 17.2 Å². The van der Waals surface area contributed by atoms with E-state index in [0.29, 0.717) is 23.8 Å². The van der Waals surface area contributed by atoms with E-state index in [0.717, 1.165) is 29.5 Å². The summed E-state index contributed by atoms with van der Waals surface area (Å²) in [7, 11) is -0.337. The van der Waals surface area contributed by atoms with Gasteiger partial charge in [-0.05, 0) is 82.7 Å². The molecule has 0 bridgehead atoms. The molecule has 3 aromatic rings. The minimum Gasteiger partial charge on any atom is -0.493 e. The second-order valence-corrected chi connectivity index (χ2v) is 10.2. The first-order chi connectivity index (χ1) is 16.1. The van der Waals surface area contributed by atoms with E-state index in [-0.39, 0.29) is 5.97 Å². The first kappa shape index (κ1) is 24.3. The Morgan fingerprint density at radius 2 is 1.62 bits per heavy atom. The maximum absolute atomic E-state index is 11.5. The number of carbonyl (C=O) groups excluding carboxylic acids is 1. The van der Waals surface area contributed by atoms with E-state index in [1.165, 1.54) is 48.2 Å². The molecule has 0 aliphatic carbocycles. The molecule has 2 heterocycles. The van der Waals surface area contributed by atoms with Gasteiger partial charge in [-0.25, -0.2) is 0 Å². The third-order valence-corrected chi connectivity index (χ3v) is 6.38. The van der Waals surface area contributed by atoms with Crippen LogP contribution in [0.4, 0.5) is 0 Å². The van der Waals surface area contributed by atoms with Crippen molar-refractivity contribution in [1.82, 2.24) is 4.90 Å². The summed E-state index contributed by atoms with van der Waals surface area (Å²) in [6, 6.07) is 10.7. The zero-order valence-corrected chi connectivity index (χ0v) is 20.6. The second kappa shape index (κ2) is 9.40. The number of ether oxygens (including phenoxy) is 3. The Labute approximate surface area is 199 Å². The maximum Gasteiger partial charge on any atom is 0.308 e. The number of benzene rings is 3. The van der Waals surface area contributed by atoms with E-state index >= 15 is 0 Å². The lowest BCUT2D eigenvalue weighted by atomic mass is 9.85. The van der Waals surface area contributed by atoms with E-state index in [1.54, 1.807) is 14.2 Å². The minimum atomic E-state index is -3.67. The first-order valence-electron chi connectivity index (χ1n) is 11.1. The fourth-order valence-electron chi connectivity index (χ4n) is 5.10. The number of esters is 1. The molecule has 0 saturated carbocycles. The summed E-state index contributed by atoms with van der Waals surface area (Å²) in [5, 5.41) is 4.62. The van der Waals surface area contributed by atoms with Crippen LogP contribution in [0.3, 0.4) is 0 Å². The highest BCUT2D eigenvalue weighted by Crippen LogP contribution is 2.44. The average Bonchev–Trinajstić information content (AvgIpc) is 3.23. The van der Waals surface area contributed by atoms with Gasteiger partial charge in [-0.2, -0.15) is 8.42 Å². The van der Waals surface area contributed by atoms with Crippen molar-refractivity contribution >= 4 is 37.6 Å². The largest absolute Gasteiger partial charge is 0.493 e. The molecular formula is C25H29NO7S. The van der Waals surface area contributed by atoms with Gasteiger partial charge in [0.1, 0.15) is 5.75 Å². The summed E-state index contributed by atoms with van der Waals surface area (Å²) in [5.41, 5.74) is 2.80. The predicted octanol–water partition coefficient (Wildman–Crippen LogP) is 3.96. The Balaban J connectivity index is 0.000000499. The molecule has 3 aromatic carbocycles. The number of methoxy groups -OCH3 is 2. The second-order valence-electron chi connectivity index (χ2n) is 8.71. The lowest BCUT2D eigenvalue weighted by Crippen LogP contribution is -2.35. The van der Waals surface area contributed by atoms with Crippen LogP contribution >= 0.6 is 0 Å². The number of hydrogen-bond acceptors (Lipinski definition) is 7. The van der Waals surface area contributed by atoms with Crippen LogP contribution in [0.2, 0.25) is 0 Å². The Morgan fingerprint density at radius 1 is 1.00 bits per heavy atom. The van der Waals surface area contributed by atoms with Gasteiger partial charge >= 0.3 is 5.97 Å². The Morgan fingerprint density at radius 3 is 2.24 bits per heavy atom. The van der Waals surface area contributed by atoms with Gasteiger partial charge in [-0.1, -0.05) is 6.07 Å². The number of rotatable bonds is 3. The lowest BCUT2D eigenvalue weighted by Gasteiger charge is -2.33. The van der Waals surface area contributed by atoms with Crippen LogP contribution in [0.5, 0.6) is 17.2 Å². The van der Waals surface area contributed by atoms with Crippen molar-refractivity contribution in [1.29, 1.82) is 0 Å². The number of fused-ring (bicyclic) bond motifs is 7. The van der Waals surface area contributed by atoms with E-state index in [1.807, 2.05) is 18.2 Å². The zero-order valence-electron chi connectivity index (χ0n) is 19.8. The van der Waals surface area contributed by atoms with Gasteiger partial charge in [-0.15, -0.1) is 0 Å². The molecule has 8 nitrogen and oxygen atoms in total. The molecule has 1 fully saturated rings. The van der Waals surface area contributed by atoms with Gasteiger partial charge in [0.2, 0.25) is 0 Å². The summed E-state index contributed by atoms with van der Waals surface area (Å²) in [6.07, 6.45) is 4.30. The van der Waals surface area contributed by atoms with Crippen LogP contribution in [0.25, 0.3) is 21.5 Å². The molecule has 1 saturated heterocycles. The van der Waals surface area contributed by atoms with Crippen molar-refractivity contribution < 1.29 is 32.0 Å². The Kier molecular flexibility index (Phi) is 6.71. The van der Waals surface area contributed by atoms with Gasteiger partial charge in [0, 0.05) is 19.5 Å². The van der Waals surface area contributed by atoms with Crippen LogP contribution in [0.15, 0.2) is 30.3 Å². The Bertz CT molecular complexity index is 1360. The smallest absolute Gasteiger partial charge is 0.308 e. The Hall–Kier alpha value is -2.88. The average molecular weight is 488 g/mol. The first-order valence-corrected chi connectivity index (χ1v) is 12.9. The highest BCUT2D eigenvalue weighted by atomic mass is 32.2. The zero-order chi connectivity index (χ0) is 24.6. The summed E-state index contributed by atoms with van der Waals surface area (Å²) in [5.74, 6) is 1.70. The monoisotopic (exact) mass is 487 g/mol. The van der Waals surface area contributed by atoms with Crippen molar-refractivity contribution in [3.63, 3.8) is 0 Å². The molecule has 0 amide bonds. The van der Waals surface area contributed by atoms with Crippen molar-refractivity contribution in [2.45, 2.75) is 38.8 Å². The summed E-state index contributed by atoms with van der Waals surface area (Å²) >= 11 is 0. The quantitative estimate of drug-likeness (QED) is 0.256. The molecule has 1 atom stereocenters. The van der Waals surface area contributed by atoms with Crippen molar-refractivity contribution in [2.24, 2.45) is 0 Å². The standard InChI is InChI=1S/C24H25NO4.CH4O3S/c1-14(26)29-16-6-7-17-18-9-15-5-4-8-25(15)13-22(18)21-12-24(28-3)23(27-2)11-20(21)19(17)10-16;1-5(2,3)4/h6-7,10-12,15H,4-5,8-9,13H2,1-3H3;1H3,(H,2,3,4)/t15-;/m0./s1.